The molecular weight excluding hydrogens is 571 g/mol. The second-order valence-electron chi connectivity index (χ2n) is 9.65. The third-order valence-corrected chi connectivity index (χ3v) is 10.9. The lowest BCUT2D eigenvalue weighted by Crippen LogP contribution is -2.39. The topological polar surface area (TPSA) is 79.7 Å². The number of hydrogen-bond donors (Lipinski definition) is 0. The number of likely N-dealkylation sites (tertiary alicyclic amines) is 1. The highest BCUT2D eigenvalue weighted by molar-refractivity contribution is 8.00. The summed E-state index contributed by atoms with van der Waals surface area (Å²) >= 11 is 3.28. The molecular formula is C26H22F3N3O4S3. The molecule has 3 atom stereocenters. The zero-order chi connectivity index (χ0) is 27.5. The second-order valence-corrected chi connectivity index (χ2v) is 12.8. The molecule has 13 heteroatoms. The number of anilines is 1. The quantitative estimate of drug-likeness (QED) is 0.407. The van der Waals surface area contributed by atoms with Gasteiger partial charge >= 0.3 is 11.0 Å². The minimum atomic E-state index is -4.76. The molecule has 0 spiro atoms. The van der Waals surface area contributed by atoms with Crippen molar-refractivity contribution in [2.45, 2.75) is 48.2 Å². The summed E-state index contributed by atoms with van der Waals surface area (Å²) in [6.07, 6.45) is -1.93. The van der Waals surface area contributed by atoms with Crippen LogP contribution in [0.1, 0.15) is 40.5 Å². The fourth-order valence-corrected chi connectivity index (χ4v) is 9.28. The number of piperidine rings is 1. The molecule has 2 fully saturated rings. The highest BCUT2D eigenvalue weighted by atomic mass is 32.2. The van der Waals surface area contributed by atoms with E-state index in [2.05, 4.69) is 0 Å². The van der Waals surface area contributed by atoms with E-state index in [1.54, 1.807) is 17.0 Å². The van der Waals surface area contributed by atoms with Crippen LogP contribution in [-0.4, -0.2) is 45.5 Å². The number of nitrogens with zero attached hydrogens (tertiary/aromatic N) is 3. The molecule has 0 N–H and O–H groups in total. The van der Waals surface area contributed by atoms with Gasteiger partial charge in [-0.2, -0.15) is 13.2 Å². The molecule has 2 aromatic heterocycles. The zero-order valence-electron chi connectivity index (χ0n) is 20.3. The summed E-state index contributed by atoms with van der Waals surface area (Å²) in [5.74, 6) is -3.35. The molecule has 204 valence electrons. The van der Waals surface area contributed by atoms with Gasteiger partial charge in [0, 0.05) is 28.8 Å². The van der Waals surface area contributed by atoms with Gasteiger partial charge in [-0.05, 0) is 42.8 Å². The van der Waals surface area contributed by atoms with Gasteiger partial charge in [0.1, 0.15) is 11.8 Å². The Bertz CT molecular complexity index is 1510. The van der Waals surface area contributed by atoms with Crippen molar-refractivity contribution < 1.29 is 27.6 Å². The average molecular weight is 594 g/mol. The Balaban J connectivity index is 1.43. The first kappa shape index (κ1) is 26.3. The zero-order valence-corrected chi connectivity index (χ0v) is 22.8. The van der Waals surface area contributed by atoms with E-state index in [-0.39, 0.29) is 17.3 Å². The van der Waals surface area contributed by atoms with Gasteiger partial charge in [-0.1, -0.05) is 41.3 Å². The van der Waals surface area contributed by atoms with Crippen molar-refractivity contribution in [2.75, 3.05) is 18.0 Å². The van der Waals surface area contributed by atoms with Crippen molar-refractivity contribution in [1.82, 2.24) is 9.47 Å². The van der Waals surface area contributed by atoms with E-state index in [4.69, 9.17) is 0 Å². The van der Waals surface area contributed by atoms with Crippen LogP contribution < -0.4 is 9.77 Å². The third-order valence-electron chi connectivity index (χ3n) is 7.35. The van der Waals surface area contributed by atoms with E-state index in [1.165, 1.54) is 28.0 Å². The predicted octanol–water partition coefficient (Wildman–Crippen LogP) is 4.80. The van der Waals surface area contributed by atoms with Gasteiger partial charge in [0.05, 0.1) is 22.2 Å². The molecule has 2 saturated heterocycles. The number of imide groups is 1. The molecule has 0 radical (unpaired) electrons. The fraction of sp³-hybridized carbons (Fsp3) is 0.385. The lowest BCUT2D eigenvalue weighted by atomic mass is 9.87. The Morgan fingerprint density at radius 1 is 0.974 bits per heavy atom. The number of hydrogen-bond acceptors (Lipinski definition) is 7. The lowest BCUT2D eigenvalue weighted by molar-refractivity contribution is -0.137. The van der Waals surface area contributed by atoms with Gasteiger partial charge in [-0.25, -0.2) is 4.90 Å². The van der Waals surface area contributed by atoms with Crippen molar-refractivity contribution in [3.8, 4) is 0 Å². The fourth-order valence-electron chi connectivity index (χ4n) is 5.55. The lowest BCUT2D eigenvalue weighted by Gasteiger charge is -2.30. The van der Waals surface area contributed by atoms with Crippen LogP contribution in [0, 0.1) is 5.92 Å². The van der Waals surface area contributed by atoms with E-state index < -0.39 is 46.3 Å². The number of thiophene rings is 1. The SMILES string of the molecule is O=C(Cn1c2c(sc1=O)[C@H](c1cccs1)C1C(=O)N(c3ccccc3C(F)(F)F)C(=O)C1S2)N1CCCCC1. The number of alkyl halides is 3. The standard InChI is InChI=1S/C26H22F3N3O4S3/c27-26(28,29)14-7-2-3-8-15(14)32-22(34)19-18(16-9-6-12-37-16)21-24(38-20(19)23(32)35)31(25(36)39-21)13-17(33)30-10-4-1-5-11-30/h2-3,6-9,12,18-20H,1,4-5,10-11,13H2/t18-,19?,20?/m1/s1. The molecule has 0 bridgehead atoms. The largest absolute Gasteiger partial charge is 0.418 e. The van der Waals surface area contributed by atoms with Crippen molar-refractivity contribution in [2.24, 2.45) is 5.92 Å². The van der Waals surface area contributed by atoms with Gasteiger partial charge in [0.15, 0.2) is 0 Å². The van der Waals surface area contributed by atoms with Crippen molar-refractivity contribution in [3.63, 3.8) is 0 Å². The predicted molar refractivity (Wildman–Crippen MR) is 142 cm³/mol. The minimum absolute atomic E-state index is 0.186. The molecule has 2 unspecified atom stereocenters. The van der Waals surface area contributed by atoms with Crippen LogP contribution in [0.4, 0.5) is 18.9 Å². The number of halogens is 3. The van der Waals surface area contributed by atoms with E-state index >= 15 is 0 Å². The molecule has 3 aromatic rings. The van der Waals surface area contributed by atoms with Crippen LogP contribution in [0.3, 0.4) is 0 Å². The minimum Gasteiger partial charge on any atom is -0.341 e. The Morgan fingerprint density at radius 3 is 2.41 bits per heavy atom. The summed E-state index contributed by atoms with van der Waals surface area (Å²) in [5, 5.41) is 1.20. The van der Waals surface area contributed by atoms with E-state index in [9.17, 15) is 32.3 Å². The highest BCUT2D eigenvalue weighted by Crippen LogP contribution is 2.55. The maximum absolute atomic E-state index is 13.8. The number of benzene rings is 1. The summed E-state index contributed by atoms with van der Waals surface area (Å²) in [6, 6.07) is 8.13. The highest BCUT2D eigenvalue weighted by Gasteiger charge is 2.58. The normalized spacial score (nSPS) is 23.2. The maximum Gasteiger partial charge on any atom is 0.418 e. The average Bonchev–Trinajstić information content (AvgIpc) is 3.61. The van der Waals surface area contributed by atoms with Crippen LogP contribution in [-0.2, 0) is 27.1 Å². The summed E-state index contributed by atoms with van der Waals surface area (Å²) in [7, 11) is 0. The van der Waals surface area contributed by atoms with Gasteiger partial charge in [-0.3, -0.25) is 23.7 Å². The molecule has 39 heavy (non-hydrogen) atoms. The van der Waals surface area contributed by atoms with E-state index in [0.717, 1.165) is 59.4 Å². The molecule has 1 aromatic carbocycles. The number of amides is 3. The van der Waals surface area contributed by atoms with Gasteiger partial charge in [0.2, 0.25) is 17.7 Å². The summed E-state index contributed by atoms with van der Waals surface area (Å²) in [4.78, 5) is 57.0. The first-order chi connectivity index (χ1) is 18.7. The summed E-state index contributed by atoms with van der Waals surface area (Å²) in [6.45, 7) is 1.06. The molecule has 6 rings (SSSR count). The Labute approximate surface area is 233 Å². The van der Waals surface area contributed by atoms with Gasteiger partial charge in [-0.15, -0.1) is 11.3 Å². The number of rotatable bonds is 4. The van der Waals surface area contributed by atoms with Gasteiger partial charge < -0.3 is 4.90 Å². The number of carbonyl (C=O) groups excluding carboxylic acids is 3. The van der Waals surface area contributed by atoms with Crippen molar-refractivity contribution in [1.29, 1.82) is 0 Å². The molecule has 0 aliphatic carbocycles. The summed E-state index contributed by atoms with van der Waals surface area (Å²) < 4.78 is 42.9. The van der Waals surface area contributed by atoms with Crippen molar-refractivity contribution in [3.05, 3.63) is 66.8 Å². The molecule has 3 aliphatic rings. The van der Waals surface area contributed by atoms with Crippen LogP contribution in [0.2, 0.25) is 0 Å². The Hall–Kier alpha value is -2.90. The first-order valence-corrected chi connectivity index (χ1v) is 15.0. The third kappa shape index (κ3) is 4.44. The van der Waals surface area contributed by atoms with E-state index in [0.29, 0.717) is 27.9 Å². The number of fused-ring (bicyclic) bond motifs is 2. The molecule has 0 saturated carbocycles. The second kappa shape index (κ2) is 9.93. The maximum atomic E-state index is 13.8. The Morgan fingerprint density at radius 2 is 1.72 bits per heavy atom. The van der Waals surface area contributed by atoms with Gasteiger partial charge in [0.25, 0.3) is 0 Å². The number of para-hydroxylation sites is 1. The number of aromatic nitrogens is 1. The molecule has 7 nitrogen and oxygen atoms in total. The van der Waals surface area contributed by atoms with Crippen LogP contribution >= 0.6 is 34.4 Å². The Kier molecular flexibility index (Phi) is 6.71. The summed E-state index contributed by atoms with van der Waals surface area (Å²) in [5.41, 5.74) is -1.57. The van der Waals surface area contributed by atoms with Crippen molar-refractivity contribution >= 4 is 57.8 Å². The number of carbonyl (C=O) groups is 3. The monoisotopic (exact) mass is 593 g/mol. The molecule has 5 heterocycles. The van der Waals surface area contributed by atoms with Crippen LogP contribution in [0.5, 0.6) is 0 Å². The molecule has 3 amide bonds. The molecule has 3 aliphatic heterocycles. The number of thiazole rings is 1. The van der Waals surface area contributed by atoms with E-state index in [1.807, 2.05) is 5.38 Å². The first-order valence-electron chi connectivity index (χ1n) is 12.4. The van der Waals surface area contributed by atoms with Crippen LogP contribution in [0.15, 0.2) is 51.6 Å². The smallest absolute Gasteiger partial charge is 0.341 e. The number of thioether (sulfide) groups is 1. The van der Waals surface area contributed by atoms with Crippen LogP contribution in [0.25, 0.3) is 0 Å².